The minimum atomic E-state index is -2.98. The lowest BCUT2D eigenvalue weighted by Gasteiger charge is -2.13. The topological polar surface area (TPSA) is 55.4 Å². The van der Waals surface area contributed by atoms with Gasteiger partial charge in [0, 0.05) is 12.1 Å². The molecule has 0 atom stereocenters. The predicted octanol–water partition coefficient (Wildman–Crippen LogP) is 2.31. The lowest BCUT2D eigenvalue weighted by atomic mass is 10.1. The van der Waals surface area contributed by atoms with E-state index in [2.05, 4.69) is 11.4 Å². The molecule has 0 bridgehead atoms. The van der Waals surface area contributed by atoms with Crippen molar-refractivity contribution >= 4 is 9.84 Å². The second kappa shape index (κ2) is 8.27. The molecule has 1 rings (SSSR count). The lowest BCUT2D eigenvalue weighted by Crippen LogP contribution is -2.18. The number of hydrogen-bond donors (Lipinski definition) is 1. The first-order chi connectivity index (χ1) is 9.48. The molecule has 0 fully saturated rings. The Bertz CT molecular complexity index is 512. The molecule has 0 aliphatic rings. The third-order valence-corrected chi connectivity index (χ3v) is 4.77. The molecule has 1 aromatic carbocycles. The summed E-state index contributed by atoms with van der Waals surface area (Å²) < 4.78 is 28.9. The van der Waals surface area contributed by atoms with Crippen LogP contribution in [0.15, 0.2) is 18.2 Å². The number of nitrogens with one attached hydrogen (secondary N) is 1. The van der Waals surface area contributed by atoms with E-state index in [1.807, 2.05) is 32.9 Å². The van der Waals surface area contributed by atoms with Gasteiger partial charge in [0.25, 0.3) is 0 Å². The Morgan fingerprint density at radius 3 is 2.60 bits per heavy atom. The van der Waals surface area contributed by atoms with Gasteiger partial charge < -0.3 is 10.1 Å². The maximum absolute atomic E-state index is 11.6. The number of aryl methyl sites for hydroxylation is 1. The largest absolute Gasteiger partial charge is 0.492 e. The highest BCUT2D eigenvalue weighted by molar-refractivity contribution is 7.91. The first-order valence-electron chi connectivity index (χ1n) is 7.12. The summed E-state index contributed by atoms with van der Waals surface area (Å²) >= 11 is 0. The van der Waals surface area contributed by atoms with Gasteiger partial charge in [0.2, 0.25) is 0 Å². The molecule has 0 aliphatic carbocycles. The van der Waals surface area contributed by atoms with Crippen LogP contribution >= 0.6 is 0 Å². The normalized spacial score (nSPS) is 11.6. The molecule has 1 aromatic rings. The SMILES string of the molecule is CCCS(=O)(=O)CCOc1ccc(C)cc1CNCC. The smallest absolute Gasteiger partial charge is 0.153 e. The summed E-state index contributed by atoms with van der Waals surface area (Å²) in [6, 6.07) is 5.96. The summed E-state index contributed by atoms with van der Waals surface area (Å²) in [5, 5.41) is 3.26. The molecule has 0 amide bonds. The van der Waals surface area contributed by atoms with Gasteiger partial charge in [0.1, 0.15) is 12.4 Å². The third kappa shape index (κ3) is 5.92. The van der Waals surface area contributed by atoms with E-state index < -0.39 is 9.84 Å². The van der Waals surface area contributed by atoms with Gasteiger partial charge in [-0.05, 0) is 26.0 Å². The molecule has 4 nitrogen and oxygen atoms in total. The molecule has 0 aliphatic heterocycles. The van der Waals surface area contributed by atoms with Crippen LogP contribution < -0.4 is 10.1 Å². The average molecular weight is 299 g/mol. The molecular weight excluding hydrogens is 274 g/mol. The van der Waals surface area contributed by atoms with E-state index >= 15 is 0 Å². The van der Waals surface area contributed by atoms with Crippen molar-refractivity contribution < 1.29 is 13.2 Å². The number of benzene rings is 1. The second-order valence-electron chi connectivity index (χ2n) is 4.89. The zero-order chi connectivity index (χ0) is 15.0. The van der Waals surface area contributed by atoms with Crippen LogP contribution in [0.1, 0.15) is 31.4 Å². The first kappa shape index (κ1) is 17.0. The molecule has 0 heterocycles. The summed E-state index contributed by atoms with van der Waals surface area (Å²) in [5.41, 5.74) is 2.24. The van der Waals surface area contributed by atoms with Crippen LogP contribution in [0.4, 0.5) is 0 Å². The summed E-state index contributed by atoms with van der Waals surface area (Å²) in [6.07, 6.45) is 0.651. The molecule has 5 heteroatoms. The Morgan fingerprint density at radius 1 is 1.20 bits per heavy atom. The van der Waals surface area contributed by atoms with Crippen molar-refractivity contribution in [3.8, 4) is 5.75 Å². The van der Waals surface area contributed by atoms with Crippen LogP contribution in [0.2, 0.25) is 0 Å². The van der Waals surface area contributed by atoms with Crippen molar-refractivity contribution in [2.75, 3.05) is 24.7 Å². The fourth-order valence-electron chi connectivity index (χ4n) is 1.94. The van der Waals surface area contributed by atoms with E-state index in [0.29, 0.717) is 6.42 Å². The molecule has 0 saturated carbocycles. The lowest BCUT2D eigenvalue weighted by molar-refractivity contribution is 0.336. The van der Waals surface area contributed by atoms with Crippen LogP contribution in [0.25, 0.3) is 0 Å². The maximum Gasteiger partial charge on any atom is 0.153 e. The van der Waals surface area contributed by atoms with E-state index in [0.717, 1.165) is 24.4 Å². The molecule has 0 spiro atoms. The van der Waals surface area contributed by atoms with Crippen molar-refractivity contribution in [3.05, 3.63) is 29.3 Å². The van der Waals surface area contributed by atoms with Crippen molar-refractivity contribution in [2.24, 2.45) is 0 Å². The minimum Gasteiger partial charge on any atom is -0.492 e. The third-order valence-electron chi connectivity index (χ3n) is 2.95. The number of rotatable bonds is 9. The van der Waals surface area contributed by atoms with Crippen LogP contribution in [0.5, 0.6) is 5.75 Å². The highest BCUT2D eigenvalue weighted by Crippen LogP contribution is 2.20. The average Bonchev–Trinajstić information content (AvgIpc) is 2.38. The van der Waals surface area contributed by atoms with Gasteiger partial charge in [-0.25, -0.2) is 8.42 Å². The highest BCUT2D eigenvalue weighted by atomic mass is 32.2. The van der Waals surface area contributed by atoms with Gasteiger partial charge in [-0.15, -0.1) is 0 Å². The predicted molar refractivity (Wildman–Crippen MR) is 83.0 cm³/mol. The summed E-state index contributed by atoms with van der Waals surface area (Å²) in [5.74, 6) is 1.08. The van der Waals surface area contributed by atoms with Gasteiger partial charge >= 0.3 is 0 Å². The van der Waals surface area contributed by atoms with Crippen LogP contribution in [-0.2, 0) is 16.4 Å². The molecule has 114 valence electrons. The van der Waals surface area contributed by atoms with Crippen molar-refractivity contribution in [2.45, 2.75) is 33.7 Å². The Morgan fingerprint density at radius 2 is 1.95 bits per heavy atom. The standard InChI is InChI=1S/C15H25NO3S/c1-4-9-20(17,18)10-8-19-15-7-6-13(3)11-14(15)12-16-5-2/h6-7,11,16H,4-5,8-10,12H2,1-3H3. The molecule has 0 unspecified atom stereocenters. The molecular formula is C15H25NO3S. The number of hydrogen-bond acceptors (Lipinski definition) is 4. The zero-order valence-corrected chi connectivity index (χ0v) is 13.4. The Labute approximate surface area is 122 Å². The van der Waals surface area contributed by atoms with Gasteiger partial charge in [-0.2, -0.15) is 0 Å². The van der Waals surface area contributed by atoms with Crippen molar-refractivity contribution in [1.29, 1.82) is 0 Å². The van der Waals surface area contributed by atoms with E-state index in [1.54, 1.807) is 0 Å². The second-order valence-corrected chi connectivity index (χ2v) is 7.20. The fourth-order valence-corrected chi connectivity index (χ4v) is 3.10. The van der Waals surface area contributed by atoms with Gasteiger partial charge in [0.05, 0.1) is 11.5 Å². The monoisotopic (exact) mass is 299 g/mol. The molecule has 0 radical (unpaired) electrons. The quantitative estimate of drug-likeness (QED) is 0.760. The first-order valence-corrected chi connectivity index (χ1v) is 8.94. The molecule has 0 aromatic heterocycles. The summed E-state index contributed by atoms with van der Waals surface area (Å²) in [7, 11) is -2.98. The molecule has 0 saturated heterocycles. The minimum absolute atomic E-state index is 0.0787. The Kier molecular flexibility index (Phi) is 7.02. The summed E-state index contributed by atoms with van der Waals surface area (Å²) in [4.78, 5) is 0. The molecule has 1 N–H and O–H groups in total. The van der Waals surface area contributed by atoms with Crippen LogP contribution in [0, 0.1) is 6.92 Å². The Hall–Kier alpha value is -1.07. The van der Waals surface area contributed by atoms with Crippen LogP contribution in [0.3, 0.4) is 0 Å². The zero-order valence-electron chi connectivity index (χ0n) is 12.6. The maximum atomic E-state index is 11.6. The number of sulfone groups is 1. The molecule has 20 heavy (non-hydrogen) atoms. The van der Waals surface area contributed by atoms with E-state index in [4.69, 9.17) is 4.74 Å². The highest BCUT2D eigenvalue weighted by Gasteiger charge is 2.10. The van der Waals surface area contributed by atoms with Gasteiger partial charge in [0.15, 0.2) is 9.84 Å². The van der Waals surface area contributed by atoms with Crippen LogP contribution in [-0.4, -0.2) is 33.1 Å². The fraction of sp³-hybridized carbons (Fsp3) is 0.600. The summed E-state index contributed by atoms with van der Waals surface area (Å²) in [6.45, 7) is 7.78. The van der Waals surface area contributed by atoms with Gasteiger partial charge in [-0.1, -0.05) is 31.5 Å². The Balaban J connectivity index is 2.63. The van der Waals surface area contributed by atoms with Gasteiger partial charge in [-0.3, -0.25) is 0 Å². The number of ether oxygens (including phenoxy) is 1. The van der Waals surface area contributed by atoms with E-state index in [9.17, 15) is 8.42 Å². The van der Waals surface area contributed by atoms with Crippen molar-refractivity contribution in [1.82, 2.24) is 5.32 Å². The van der Waals surface area contributed by atoms with E-state index in [1.165, 1.54) is 5.56 Å². The van der Waals surface area contributed by atoms with Crippen molar-refractivity contribution in [3.63, 3.8) is 0 Å². The van der Waals surface area contributed by atoms with E-state index in [-0.39, 0.29) is 18.1 Å².